The van der Waals surface area contributed by atoms with Gasteiger partial charge in [0.25, 0.3) is 5.91 Å². The summed E-state index contributed by atoms with van der Waals surface area (Å²) in [6.45, 7) is 2.17. The van der Waals surface area contributed by atoms with Gasteiger partial charge in [-0.2, -0.15) is 5.26 Å². The zero-order chi connectivity index (χ0) is 20.1. The van der Waals surface area contributed by atoms with E-state index in [9.17, 15) is 4.79 Å². The fourth-order valence-corrected chi connectivity index (χ4v) is 3.27. The van der Waals surface area contributed by atoms with Crippen LogP contribution < -0.4 is 15.5 Å². The smallest absolute Gasteiger partial charge is 0.276 e. The van der Waals surface area contributed by atoms with E-state index in [0.29, 0.717) is 22.8 Å². The second-order valence-corrected chi connectivity index (χ2v) is 6.78. The van der Waals surface area contributed by atoms with Crippen molar-refractivity contribution in [3.63, 3.8) is 0 Å². The Balaban J connectivity index is 1.39. The highest BCUT2D eigenvalue weighted by atomic mass is 16.1. The molecule has 7 nitrogen and oxygen atoms in total. The molecule has 4 rings (SSSR count). The second-order valence-electron chi connectivity index (χ2n) is 6.78. The number of amides is 1. The first-order chi connectivity index (χ1) is 14.2. The van der Waals surface area contributed by atoms with E-state index in [1.54, 1.807) is 30.3 Å². The van der Waals surface area contributed by atoms with Gasteiger partial charge in [-0.15, -0.1) is 10.2 Å². The maximum atomic E-state index is 12.4. The standard InChI is InChI=1S/C22H20N6O/c23-15-16-5-1-2-6-19(16)25-21-12-11-20(26-27-21)22(29)24-17-7-9-18(10-8-17)28-13-3-4-14-28/h1-2,5-12H,3-4,13-14H2,(H,24,29)(H,25,27). The average Bonchev–Trinajstić information content (AvgIpc) is 3.30. The van der Waals surface area contributed by atoms with E-state index in [2.05, 4.69) is 31.8 Å². The largest absolute Gasteiger partial charge is 0.372 e. The molecule has 1 aliphatic heterocycles. The SMILES string of the molecule is N#Cc1ccccc1Nc1ccc(C(=O)Nc2ccc(N3CCCC3)cc2)nn1. The Labute approximate surface area is 169 Å². The van der Waals surface area contributed by atoms with Crippen molar-refractivity contribution in [2.24, 2.45) is 0 Å². The Morgan fingerprint density at radius 3 is 2.41 bits per heavy atom. The van der Waals surface area contributed by atoms with Crippen molar-refractivity contribution in [2.75, 3.05) is 28.6 Å². The third-order valence-electron chi connectivity index (χ3n) is 4.80. The van der Waals surface area contributed by atoms with Crippen molar-refractivity contribution < 1.29 is 4.79 Å². The van der Waals surface area contributed by atoms with Gasteiger partial charge in [0.05, 0.1) is 11.3 Å². The molecule has 0 atom stereocenters. The zero-order valence-corrected chi connectivity index (χ0v) is 15.8. The van der Waals surface area contributed by atoms with Crippen LogP contribution in [0.5, 0.6) is 0 Å². The molecule has 1 fully saturated rings. The van der Waals surface area contributed by atoms with Crippen LogP contribution in [0.1, 0.15) is 28.9 Å². The van der Waals surface area contributed by atoms with Crippen LogP contribution in [0.4, 0.5) is 22.9 Å². The summed E-state index contributed by atoms with van der Waals surface area (Å²) in [4.78, 5) is 14.8. The molecule has 0 aliphatic carbocycles. The second kappa shape index (κ2) is 8.40. The van der Waals surface area contributed by atoms with Crippen LogP contribution in [0.15, 0.2) is 60.7 Å². The van der Waals surface area contributed by atoms with Crippen LogP contribution in [-0.2, 0) is 0 Å². The maximum Gasteiger partial charge on any atom is 0.276 e. The van der Waals surface area contributed by atoms with Crippen LogP contribution >= 0.6 is 0 Å². The maximum absolute atomic E-state index is 12.4. The molecule has 7 heteroatoms. The molecule has 1 aliphatic rings. The molecule has 0 spiro atoms. The molecule has 0 bridgehead atoms. The number of carbonyl (C=O) groups excluding carboxylic acids is 1. The van der Waals surface area contributed by atoms with Crippen molar-refractivity contribution >= 4 is 28.8 Å². The van der Waals surface area contributed by atoms with Crippen molar-refractivity contribution in [3.8, 4) is 6.07 Å². The van der Waals surface area contributed by atoms with Gasteiger partial charge in [-0.1, -0.05) is 12.1 Å². The van der Waals surface area contributed by atoms with Gasteiger partial charge in [-0.3, -0.25) is 4.79 Å². The Kier molecular flexibility index (Phi) is 5.34. The van der Waals surface area contributed by atoms with Crippen molar-refractivity contribution in [1.29, 1.82) is 5.26 Å². The lowest BCUT2D eigenvalue weighted by atomic mass is 10.2. The van der Waals surface area contributed by atoms with Gasteiger partial charge in [-0.05, 0) is 61.4 Å². The topological polar surface area (TPSA) is 93.9 Å². The first kappa shape index (κ1) is 18.4. The van der Waals surface area contributed by atoms with Gasteiger partial charge in [0, 0.05) is 24.5 Å². The molecule has 1 amide bonds. The lowest BCUT2D eigenvalue weighted by Gasteiger charge is -2.17. The number of nitrogens with one attached hydrogen (secondary N) is 2. The van der Waals surface area contributed by atoms with E-state index in [1.165, 1.54) is 18.5 Å². The number of anilines is 4. The summed E-state index contributed by atoms with van der Waals surface area (Å²) < 4.78 is 0. The number of nitrogens with zero attached hydrogens (tertiary/aromatic N) is 4. The van der Waals surface area contributed by atoms with Crippen LogP contribution in [-0.4, -0.2) is 29.2 Å². The molecule has 2 N–H and O–H groups in total. The minimum absolute atomic E-state index is 0.215. The van der Waals surface area contributed by atoms with Gasteiger partial charge in [0.15, 0.2) is 11.5 Å². The van der Waals surface area contributed by atoms with E-state index in [0.717, 1.165) is 13.1 Å². The first-order valence-electron chi connectivity index (χ1n) is 9.49. The number of nitriles is 1. The summed E-state index contributed by atoms with van der Waals surface area (Å²) >= 11 is 0. The van der Waals surface area contributed by atoms with Crippen molar-refractivity contribution in [2.45, 2.75) is 12.8 Å². The van der Waals surface area contributed by atoms with Gasteiger partial charge in [-0.25, -0.2) is 0 Å². The molecule has 0 radical (unpaired) electrons. The first-order valence-corrected chi connectivity index (χ1v) is 9.49. The van der Waals surface area contributed by atoms with E-state index in [4.69, 9.17) is 5.26 Å². The van der Waals surface area contributed by atoms with Gasteiger partial charge >= 0.3 is 0 Å². The minimum Gasteiger partial charge on any atom is -0.372 e. The zero-order valence-electron chi connectivity index (χ0n) is 15.8. The summed E-state index contributed by atoms with van der Waals surface area (Å²) in [6, 6.07) is 20.3. The van der Waals surface area contributed by atoms with Gasteiger partial charge in [0.1, 0.15) is 6.07 Å². The van der Waals surface area contributed by atoms with E-state index in [-0.39, 0.29) is 11.6 Å². The number of rotatable bonds is 5. The summed E-state index contributed by atoms with van der Waals surface area (Å²) in [5.74, 6) is 0.134. The Bertz CT molecular complexity index is 1030. The minimum atomic E-state index is -0.324. The van der Waals surface area contributed by atoms with E-state index < -0.39 is 0 Å². The lowest BCUT2D eigenvalue weighted by Crippen LogP contribution is -2.18. The predicted molar refractivity (Wildman–Crippen MR) is 112 cm³/mol. The van der Waals surface area contributed by atoms with Crippen molar-refractivity contribution in [1.82, 2.24) is 10.2 Å². The molecule has 0 saturated carbocycles. The highest BCUT2D eigenvalue weighted by Crippen LogP contribution is 2.22. The molecule has 1 saturated heterocycles. The third-order valence-corrected chi connectivity index (χ3v) is 4.80. The molecule has 3 aromatic rings. The predicted octanol–water partition coefficient (Wildman–Crippen LogP) is 3.94. The fourth-order valence-electron chi connectivity index (χ4n) is 3.27. The number of aromatic nitrogens is 2. The normalized spacial score (nSPS) is 13.0. The number of hydrogen-bond acceptors (Lipinski definition) is 6. The van der Waals surface area contributed by atoms with Crippen LogP contribution in [0.2, 0.25) is 0 Å². The molecule has 2 aromatic carbocycles. The van der Waals surface area contributed by atoms with Crippen molar-refractivity contribution in [3.05, 3.63) is 71.9 Å². The Morgan fingerprint density at radius 2 is 1.72 bits per heavy atom. The van der Waals surface area contributed by atoms with E-state index >= 15 is 0 Å². The number of benzene rings is 2. The quantitative estimate of drug-likeness (QED) is 0.692. The number of hydrogen-bond donors (Lipinski definition) is 2. The van der Waals surface area contributed by atoms with Crippen LogP contribution in [0.3, 0.4) is 0 Å². The Hall–Kier alpha value is -3.92. The molecular weight excluding hydrogens is 364 g/mol. The summed E-state index contributed by atoms with van der Waals surface area (Å²) in [5.41, 5.74) is 3.25. The highest BCUT2D eigenvalue weighted by molar-refractivity contribution is 6.02. The third kappa shape index (κ3) is 4.33. The molecule has 0 unspecified atom stereocenters. The number of para-hydroxylation sites is 1. The summed E-state index contributed by atoms with van der Waals surface area (Å²) in [5, 5.41) is 23.1. The van der Waals surface area contributed by atoms with Gasteiger partial charge < -0.3 is 15.5 Å². The molecule has 1 aromatic heterocycles. The van der Waals surface area contributed by atoms with E-state index in [1.807, 2.05) is 30.3 Å². The molecule has 144 valence electrons. The summed E-state index contributed by atoms with van der Waals surface area (Å²) in [7, 11) is 0. The monoisotopic (exact) mass is 384 g/mol. The van der Waals surface area contributed by atoms with Crippen LogP contribution in [0.25, 0.3) is 0 Å². The summed E-state index contributed by atoms with van der Waals surface area (Å²) in [6.07, 6.45) is 2.45. The molecule has 2 heterocycles. The Morgan fingerprint density at radius 1 is 0.966 bits per heavy atom. The number of carbonyl (C=O) groups is 1. The fraction of sp³-hybridized carbons (Fsp3) is 0.182. The average molecular weight is 384 g/mol. The van der Waals surface area contributed by atoms with Gasteiger partial charge in [0.2, 0.25) is 0 Å². The molecule has 29 heavy (non-hydrogen) atoms. The van der Waals surface area contributed by atoms with Crippen LogP contribution in [0, 0.1) is 11.3 Å². The highest BCUT2D eigenvalue weighted by Gasteiger charge is 2.13. The molecular formula is C22H20N6O. The lowest BCUT2D eigenvalue weighted by molar-refractivity contribution is 0.102.